The van der Waals surface area contributed by atoms with E-state index in [4.69, 9.17) is 18.9 Å². The second kappa shape index (κ2) is 5.91. The minimum absolute atomic E-state index is 0.563. The van der Waals surface area contributed by atoms with Crippen LogP contribution in [0.15, 0.2) is 0 Å². The van der Waals surface area contributed by atoms with Crippen molar-refractivity contribution >= 4 is 0 Å². The Morgan fingerprint density at radius 3 is 1.60 bits per heavy atom. The molecule has 4 aliphatic rings. The fraction of sp³-hybridized carbons (Fsp3) is 1.00. The van der Waals surface area contributed by atoms with Gasteiger partial charge in [-0.2, -0.15) is 0 Å². The highest BCUT2D eigenvalue weighted by Crippen LogP contribution is 2.40. The van der Waals surface area contributed by atoms with E-state index in [0.29, 0.717) is 36.3 Å². The van der Waals surface area contributed by atoms with Crippen LogP contribution in [0.5, 0.6) is 0 Å². The Bertz CT molecular complexity index is 302. The maximum absolute atomic E-state index is 5.75. The predicted octanol–water partition coefficient (Wildman–Crippen LogP) is 2.15. The van der Waals surface area contributed by atoms with Crippen LogP contribution in [0.4, 0.5) is 0 Å². The largest absolute Gasteiger partial charge is 0.379 e. The summed E-state index contributed by atoms with van der Waals surface area (Å²) in [7, 11) is 0. The number of rotatable bonds is 7. The molecule has 114 valence electrons. The lowest BCUT2D eigenvalue weighted by atomic mass is 9.90. The first-order valence-corrected chi connectivity index (χ1v) is 8.35. The second-order valence-electron chi connectivity index (χ2n) is 6.93. The number of hydrogen-bond acceptors (Lipinski definition) is 4. The molecule has 4 heteroatoms. The van der Waals surface area contributed by atoms with Crippen LogP contribution in [-0.2, 0) is 18.9 Å². The fourth-order valence-corrected chi connectivity index (χ4v) is 3.89. The SMILES string of the molecule is C(COCC1CCC2OC2C1)OCC1CCC2OC2C1. The summed E-state index contributed by atoms with van der Waals surface area (Å²) in [5.74, 6) is 1.42. The molecule has 2 aliphatic heterocycles. The number of fused-ring (bicyclic) bond motifs is 2. The molecular weight excluding hydrogens is 256 g/mol. The summed E-state index contributed by atoms with van der Waals surface area (Å²) >= 11 is 0. The standard InChI is InChI=1S/C16H26O4/c1-3-13-15(19-13)7-11(1)9-17-5-6-18-10-12-2-4-14-16(8-12)20-14/h11-16H,1-10H2. The average molecular weight is 282 g/mol. The Morgan fingerprint density at radius 2 is 1.15 bits per heavy atom. The first kappa shape index (κ1) is 13.5. The smallest absolute Gasteiger partial charge is 0.0845 e. The number of hydrogen-bond donors (Lipinski definition) is 0. The first-order valence-electron chi connectivity index (χ1n) is 8.35. The quantitative estimate of drug-likeness (QED) is 0.530. The molecule has 0 radical (unpaired) electrons. The van der Waals surface area contributed by atoms with Gasteiger partial charge in [-0.1, -0.05) is 0 Å². The van der Waals surface area contributed by atoms with Crippen LogP contribution in [0.2, 0.25) is 0 Å². The van der Waals surface area contributed by atoms with Gasteiger partial charge in [0.15, 0.2) is 0 Å². The highest BCUT2D eigenvalue weighted by molar-refractivity contribution is 4.92. The summed E-state index contributed by atoms with van der Waals surface area (Å²) in [6, 6.07) is 0. The van der Waals surface area contributed by atoms with Crippen molar-refractivity contribution in [1.29, 1.82) is 0 Å². The zero-order chi connectivity index (χ0) is 13.4. The maximum Gasteiger partial charge on any atom is 0.0845 e. The van der Waals surface area contributed by atoms with Crippen molar-refractivity contribution in [2.45, 2.75) is 62.9 Å². The third-order valence-corrected chi connectivity index (χ3v) is 5.30. The molecular formula is C16H26O4. The maximum atomic E-state index is 5.75. The van der Waals surface area contributed by atoms with Crippen molar-refractivity contribution in [2.75, 3.05) is 26.4 Å². The van der Waals surface area contributed by atoms with Crippen LogP contribution in [0.1, 0.15) is 38.5 Å². The van der Waals surface area contributed by atoms with Gasteiger partial charge in [0, 0.05) is 13.2 Å². The van der Waals surface area contributed by atoms with E-state index in [0.717, 1.165) is 26.4 Å². The molecule has 0 bridgehead atoms. The van der Waals surface area contributed by atoms with Gasteiger partial charge in [0.05, 0.1) is 37.6 Å². The van der Waals surface area contributed by atoms with E-state index in [2.05, 4.69) is 0 Å². The van der Waals surface area contributed by atoms with Crippen LogP contribution in [0.25, 0.3) is 0 Å². The van der Waals surface area contributed by atoms with Crippen LogP contribution >= 0.6 is 0 Å². The molecule has 0 amide bonds. The predicted molar refractivity (Wildman–Crippen MR) is 73.6 cm³/mol. The van der Waals surface area contributed by atoms with E-state index in [1.54, 1.807) is 0 Å². The van der Waals surface area contributed by atoms with Gasteiger partial charge in [-0.15, -0.1) is 0 Å². The lowest BCUT2D eigenvalue weighted by Gasteiger charge is -2.20. The Kier molecular flexibility index (Phi) is 3.99. The second-order valence-corrected chi connectivity index (χ2v) is 6.93. The van der Waals surface area contributed by atoms with Crippen molar-refractivity contribution in [2.24, 2.45) is 11.8 Å². The summed E-state index contributed by atoms with van der Waals surface area (Å²) in [6.45, 7) is 3.25. The van der Waals surface area contributed by atoms with Gasteiger partial charge in [0.25, 0.3) is 0 Å². The molecule has 0 aromatic carbocycles. The molecule has 0 spiro atoms. The third-order valence-electron chi connectivity index (χ3n) is 5.30. The highest BCUT2D eigenvalue weighted by Gasteiger charge is 2.44. The van der Waals surface area contributed by atoms with Crippen molar-refractivity contribution in [3.8, 4) is 0 Å². The van der Waals surface area contributed by atoms with Crippen LogP contribution in [0, 0.1) is 11.8 Å². The molecule has 2 saturated heterocycles. The van der Waals surface area contributed by atoms with E-state index >= 15 is 0 Å². The zero-order valence-corrected chi connectivity index (χ0v) is 12.2. The molecule has 2 heterocycles. The van der Waals surface area contributed by atoms with Crippen molar-refractivity contribution < 1.29 is 18.9 Å². The van der Waals surface area contributed by atoms with E-state index < -0.39 is 0 Å². The monoisotopic (exact) mass is 282 g/mol. The molecule has 4 nitrogen and oxygen atoms in total. The van der Waals surface area contributed by atoms with Gasteiger partial charge in [0.1, 0.15) is 0 Å². The first-order chi connectivity index (χ1) is 9.88. The van der Waals surface area contributed by atoms with Crippen LogP contribution < -0.4 is 0 Å². The Labute approximate surface area is 121 Å². The number of ether oxygens (including phenoxy) is 4. The Morgan fingerprint density at radius 1 is 0.650 bits per heavy atom. The zero-order valence-electron chi connectivity index (χ0n) is 12.2. The Balaban J connectivity index is 1.01. The fourth-order valence-electron chi connectivity index (χ4n) is 3.89. The van der Waals surface area contributed by atoms with Crippen LogP contribution in [0.3, 0.4) is 0 Å². The molecule has 0 aromatic rings. The molecule has 6 unspecified atom stereocenters. The number of epoxide rings is 2. The molecule has 4 fully saturated rings. The van der Waals surface area contributed by atoms with E-state index in [-0.39, 0.29) is 0 Å². The van der Waals surface area contributed by atoms with Crippen molar-refractivity contribution in [3.05, 3.63) is 0 Å². The normalized spacial score (nSPS) is 45.6. The summed E-state index contributed by atoms with van der Waals surface area (Å²) in [6.07, 6.45) is 9.75. The highest BCUT2D eigenvalue weighted by atomic mass is 16.6. The topological polar surface area (TPSA) is 43.5 Å². The van der Waals surface area contributed by atoms with Gasteiger partial charge in [0.2, 0.25) is 0 Å². The minimum Gasteiger partial charge on any atom is -0.379 e. The third kappa shape index (κ3) is 3.35. The minimum atomic E-state index is 0.563. The Hall–Kier alpha value is -0.160. The van der Waals surface area contributed by atoms with E-state index in [9.17, 15) is 0 Å². The van der Waals surface area contributed by atoms with Crippen molar-refractivity contribution in [1.82, 2.24) is 0 Å². The summed E-state index contributed by atoms with van der Waals surface area (Å²) < 4.78 is 22.6. The summed E-state index contributed by atoms with van der Waals surface area (Å²) in [4.78, 5) is 0. The summed E-state index contributed by atoms with van der Waals surface area (Å²) in [5.41, 5.74) is 0. The van der Waals surface area contributed by atoms with Gasteiger partial charge in [-0.3, -0.25) is 0 Å². The van der Waals surface area contributed by atoms with E-state index in [1.165, 1.54) is 38.5 Å². The van der Waals surface area contributed by atoms with Gasteiger partial charge >= 0.3 is 0 Å². The molecule has 2 aliphatic carbocycles. The average Bonchev–Trinajstić information content (AvgIpc) is 3.35. The van der Waals surface area contributed by atoms with Gasteiger partial charge < -0.3 is 18.9 Å². The van der Waals surface area contributed by atoms with Crippen molar-refractivity contribution in [3.63, 3.8) is 0 Å². The van der Waals surface area contributed by atoms with Gasteiger partial charge in [-0.05, 0) is 50.4 Å². The lowest BCUT2D eigenvalue weighted by molar-refractivity contribution is 0.0150. The molecule has 6 atom stereocenters. The molecule has 0 aromatic heterocycles. The van der Waals surface area contributed by atoms with Crippen LogP contribution in [-0.4, -0.2) is 50.8 Å². The lowest BCUT2D eigenvalue weighted by Crippen LogP contribution is -2.21. The molecule has 2 saturated carbocycles. The van der Waals surface area contributed by atoms with Gasteiger partial charge in [-0.25, -0.2) is 0 Å². The molecule has 4 rings (SSSR count). The van der Waals surface area contributed by atoms with E-state index in [1.807, 2.05) is 0 Å². The molecule has 0 N–H and O–H groups in total. The summed E-state index contributed by atoms with van der Waals surface area (Å²) in [5, 5.41) is 0. The molecule has 20 heavy (non-hydrogen) atoms.